The van der Waals surface area contributed by atoms with E-state index in [2.05, 4.69) is 231 Å². The van der Waals surface area contributed by atoms with Crippen molar-refractivity contribution in [2.45, 2.75) is 56.8 Å². The summed E-state index contributed by atoms with van der Waals surface area (Å²) in [6, 6.07) is 80.3. The third-order valence-electron chi connectivity index (χ3n) is 17.5. The molecule has 15 rings (SSSR count). The highest BCUT2D eigenvalue weighted by atomic mass is 15.1. The van der Waals surface area contributed by atoms with E-state index in [1.165, 1.54) is 127 Å². The summed E-state index contributed by atoms with van der Waals surface area (Å²) in [7, 11) is 0. The van der Waals surface area contributed by atoms with E-state index in [1.54, 1.807) is 11.1 Å². The van der Waals surface area contributed by atoms with Crippen LogP contribution in [-0.4, -0.2) is 0 Å². The number of anilines is 3. The summed E-state index contributed by atoms with van der Waals surface area (Å²) in [6.45, 7) is 4.83. The second-order valence-corrected chi connectivity index (χ2v) is 21.2. The van der Waals surface area contributed by atoms with Crippen LogP contribution < -0.4 is 4.90 Å². The number of para-hydroxylation sites is 1. The minimum absolute atomic E-state index is 0.0776. The standard InChI is InChI=1S/C67H55N/c1-66(2)61-24-11-8-20-56(61)59-22-14-23-60(65(59)66)58-21-10-13-26-64(58)68(51-33-31-46(32-34-51)45-27-29-48(30-28-45)54-18-7-6-17-53(54)47-15-4-3-5-16-47)52-35-36-57-55-19-9-12-25-62(55)67(63(57)42-52)49-38-43-37-44(40-49)41-50(67)39-43/h3-36,42-44,49-50H,37-41H2,1-2H3. The van der Waals surface area contributed by atoms with Gasteiger partial charge in [0.25, 0.3) is 0 Å². The lowest BCUT2D eigenvalue weighted by Gasteiger charge is -2.61. The van der Waals surface area contributed by atoms with Crippen molar-refractivity contribution in [2.75, 3.05) is 4.90 Å². The molecule has 4 saturated carbocycles. The van der Waals surface area contributed by atoms with E-state index in [1.807, 2.05) is 0 Å². The second kappa shape index (κ2) is 15.1. The maximum absolute atomic E-state index is 2.66. The first-order valence-corrected chi connectivity index (χ1v) is 25.2. The fourth-order valence-corrected chi connectivity index (χ4v) is 14.9. The lowest BCUT2D eigenvalue weighted by molar-refractivity contribution is -0.0399. The van der Waals surface area contributed by atoms with Crippen LogP contribution in [0.5, 0.6) is 0 Å². The van der Waals surface area contributed by atoms with Crippen molar-refractivity contribution in [3.8, 4) is 66.8 Å². The van der Waals surface area contributed by atoms with Crippen LogP contribution in [-0.2, 0) is 10.8 Å². The van der Waals surface area contributed by atoms with Crippen molar-refractivity contribution in [1.82, 2.24) is 0 Å². The molecule has 4 fully saturated rings. The zero-order valence-electron chi connectivity index (χ0n) is 39.0. The minimum atomic E-state index is -0.146. The first kappa shape index (κ1) is 39.9. The molecule has 9 aromatic carbocycles. The molecule has 4 bridgehead atoms. The molecular weight excluding hydrogens is 819 g/mol. The van der Waals surface area contributed by atoms with E-state index in [0.29, 0.717) is 11.8 Å². The number of rotatable bonds is 7. The van der Waals surface area contributed by atoms with Crippen LogP contribution in [0.4, 0.5) is 17.1 Å². The SMILES string of the molecule is CC1(C)c2ccccc2-c2cccc(-c3ccccc3N(c3ccc(-c4ccc(-c5ccccc5-c5ccccc5)cc4)cc3)c3ccc4c(c3)C3(c5ccccc5-4)C4CC5CC(C4)CC3C5)c21. The monoisotopic (exact) mass is 873 g/mol. The molecule has 0 unspecified atom stereocenters. The third-order valence-corrected chi connectivity index (χ3v) is 17.5. The van der Waals surface area contributed by atoms with E-state index in [-0.39, 0.29) is 10.8 Å². The molecule has 1 spiro atoms. The summed E-state index contributed by atoms with van der Waals surface area (Å²) in [4.78, 5) is 2.59. The van der Waals surface area contributed by atoms with E-state index in [4.69, 9.17) is 0 Å². The van der Waals surface area contributed by atoms with E-state index in [0.717, 1.165) is 11.8 Å². The maximum atomic E-state index is 2.66. The molecule has 9 aromatic rings. The van der Waals surface area contributed by atoms with E-state index >= 15 is 0 Å². The molecule has 0 amide bonds. The molecule has 328 valence electrons. The van der Waals surface area contributed by atoms with Gasteiger partial charge in [-0.05, 0) is 170 Å². The van der Waals surface area contributed by atoms with Crippen LogP contribution in [0.2, 0.25) is 0 Å². The van der Waals surface area contributed by atoms with Gasteiger partial charge in [-0.25, -0.2) is 0 Å². The zero-order valence-corrected chi connectivity index (χ0v) is 39.0. The highest BCUT2D eigenvalue weighted by Crippen LogP contribution is 2.70. The van der Waals surface area contributed by atoms with Crippen molar-refractivity contribution in [1.29, 1.82) is 0 Å². The van der Waals surface area contributed by atoms with Gasteiger partial charge in [0.2, 0.25) is 0 Å². The molecule has 6 aliphatic carbocycles. The highest BCUT2D eigenvalue weighted by Gasteiger charge is 2.61. The van der Waals surface area contributed by atoms with Gasteiger partial charge in [-0.1, -0.05) is 196 Å². The summed E-state index contributed by atoms with van der Waals surface area (Å²) in [5.41, 5.74) is 25.1. The second-order valence-electron chi connectivity index (χ2n) is 21.2. The molecule has 68 heavy (non-hydrogen) atoms. The highest BCUT2D eigenvalue weighted by molar-refractivity contribution is 5.96. The Kier molecular flexibility index (Phi) is 8.89. The van der Waals surface area contributed by atoms with Gasteiger partial charge in [-0.2, -0.15) is 0 Å². The normalized spacial score (nSPS) is 21.9. The number of benzene rings is 9. The molecule has 0 N–H and O–H groups in total. The van der Waals surface area contributed by atoms with Gasteiger partial charge in [-0.3, -0.25) is 0 Å². The lowest BCUT2D eigenvalue weighted by Crippen LogP contribution is -2.55. The van der Waals surface area contributed by atoms with Crippen LogP contribution in [0.15, 0.2) is 212 Å². The van der Waals surface area contributed by atoms with Gasteiger partial charge < -0.3 is 4.90 Å². The Morgan fingerprint density at radius 1 is 0.338 bits per heavy atom. The Hall–Kier alpha value is -7.22. The first-order chi connectivity index (χ1) is 33.4. The summed E-state index contributed by atoms with van der Waals surface area (Å²) < 4.78 is 0. The molecule has 0 heterocycles. The molecule has 1 nitrogen and oxygen atoms in total. The molecule has 6 aliphatic rings. The Morgan fingerprint density at radius 2 is 0.794 bits per heavy atom. The predicted octanol–water partition coefficient (Wildman–Crippen LogP) is 17.9. The average molecular weight is 874 g/mol. The van der Waals surface area contributed by atoms with Crippen LogP contribution in [0, 0.1) is 23.7 Å². The van der Waals surface area contributed by atoms with Crippen molar-refractivity contribution in [3.63, 3.8) is 0 Å². The topological polar surface area (TPSA) is 3.24 Å². The lowest BCUT2D eigenvalue weighted by atomic mass is 9.43. The number of hydrogen-bond donors (Lipinski definition) is 0. The van der Waals surface area contributed by atoms with Gasteiger partial charge in [0, 0.05) is 27.8 Å². The number of hydrogen-bond acceptors (Lipinski definition) is 1. The van der Waals surface area contributed by atoms with Crippen molar-refractivity contribution < 1.29 is 0 Å². The molecule has 1 heteroatoms. The average Bonchev–Trinajstić information content (AvgIpc) is 3.81. The van der Waals surface area contributed by atoms with Gasteiger partial charge in [0.15, 0.2) is 0 Å². The summed E-state index contributed by atoms with van der Waals surface area (Å²) in [5, 5.41) is 0. The van der Waals surface area contributed by atoms with Crippen LogP contribution in [0.1, 0.15) is 68.2 Å². The molecule has 0 radical (unpaired) electrons. The Morgan fingerprint density at radius 3 is 1.46 bits per heavy atom. The first-order valence-electron chi connectivity index (χ1n) is 25.2. The van der Waals surface area contributed by atoms with Gasteiger partial charge in [-0.15, -0.1) is 0 Å². The van der Waals surface area contributed by atoms with Crippen LogP contribution in [0.25, 0.3) is 66.8 Å². The van der Waals surface area contributed by atoms with Crippen LogP contribution >= 0.6 is 0 Å². The summed E-state index contributed by atoms with van der Waals surface area (Å²) in [5.74, 6) is 3.19. The van der Waals surface area contributed by atoms with Crippen molar-refractivity contribution >= 4 is 17.1 Å². The van der Waals surface area contributed by atoms with E-state index in [9.17, 15) is 0 Å². The fourth-order valence-electron chi connectivity index (χ4n) is 14.9. The third kappa shape index (κ3) is 5.81. The van der Waals surface area contributed by atoms with Crippen molar-refractivity contribution in [2.24, 2.45) is 23.7 Å². The molecule has 0 atom stereocenters. The van der Waals surface area contributed by atoms with Crippen molar-refractivity contribution in [3.05, 3.63) is 235 Å². The van der Waals surface area contributed by atoms with Gasteiger partial charge >= 0.3 is 0 Å². The molecule has 0 saturated heterocycles. The summed E-state index contributed by atoms with van der Waals surface area (Å²) in [6.07, 6.45) is 6.94. The molecule has 0 aliphatic heterocycles. The zero-order chi connectivity index (χ0) is 45.1. The quantitative estimate of drug-likeness (QED) is 0.154. The fraction of sp³-hybridized carbons (Fsp3) is 0.194. The number of nitrogens with zero attached hydrogens (tertiary/aromatic N) is 1. The molecule has 0 aromatic heterocycles. The predicted molar refractivity (Wildman–Crippen MR) is 284 cm³/mol. The van der Waals surface area contributed by atoms with Crippen LogP contribution in [0.3, 0.4) is 0 Å². The largest absolute Gasteiger partial charge is 0.310 e. The minimum Gasteiger partial charge on any atom is -0.310 e. The molecular formula is C67H55N. The smallest absolute Gasteiger partial charge is 0.0540 e. The van der Waals surface area contributed by atoms with Gasteiger partial charge in [0.05, 0.1) is 5.69 Å². The number of fused-ring (bicyclic) bond motifs is 6. The Balaban J connectivity index is 0.915. The van der Waals surface area contributed by atoms with Gasteiger partial charge in [0.1, 0.15) is 0 Å². The Bertz CT molecular complexity index is 3400. The van der Waals surface area contributed by atoms with E-state index < -0.39 is 0 Å². The maximum Gasteiger partial charge on any atom is 0.0540 e. The Labute approximate surface area is 401 Å². The summed E-state index contributed by atoms with van der Waals surface area (Å²) >= 11 is 0.